The molecule has 1 aromatic heterocycles. The van der Waals surface area contributed by atoms with Gasteiger partial charge in [-0.2, -0.15) is 0 Å². The molecule has 3 aromatic rings. The van der Waals surface area contributed by atoms with E-state index < -0.39 is 6.67 Å². The lowest BCUT2D eigenvalue weighted by atomic mass is 9.81. The van der Waals surface area contributed by atoms with Crippen molar-refractivity contribution in [3.63, 3.8) is 0 Å². The maximum Gasteiger partial charge on any atom is 0.192 e. The Labute approximate surface area is 160 Å². The van der Waals surface area contributed by atoms with E-state index in [1.54, 1.807) is 19.1 Å². The van der Waals surface area contributed by atoms with E-state index in [4.69, 9.17) is 9.15 Å². The first-order valence-electron chi connectivity index (χ1n) is 9.81. The zero-order valence-electron chi connectivity index (χ0n) is 16.2. The Bertz CT molecular complexity index is 823. The van der Waals surface area contributed by atoms with Gasteiger partial charge in [-0.25, -0.2) is 9.37 Å². The highest BCUT2D eigenvalue weighted by atomic mass is 19.1. The third-order valence-electron chi connectivity index (χ3n) is 4.99. The highest BCUT2D eigenvalue weighted by Gasteiger charge is 2.17. The molecule has 27 heavy (non-hydrogen) atoms. The molecule has 0 amide bonds. The van der Waals surface area contributed by atoms with Crippen molar-refractivity contribution in [1.82, 2.24) is 4.98 Å². The van der Waals surface area contributed by atoms with E-state index in [0.717, 1.165) is 11.4 Å². The molecule has 0 bridgehead atoms. The Morgan fingerprint density at radius 2 is 1.96 bits per heavy atom. The van der Waals surface area contributed by atoms with Gasteiger partial charge < -0.3 is 9.15 Å². The predicted molar refractivity (Wildman–Crippen MR) is 107 cm³/mol. The zero-order chi connectivity index (χ0) is 19.1. The molecule has 0 N–H and O–H groups in total. The number of aryl methyl sites for hydroxylation is 1. The average molecular weight is 369 g/mol. The van der Waals surface area contributed by atoms with Gasteiger partial charge in [-0.1, -0.05) is 56.5 Å². The van der Waals surface area contributed by atoms with Gasteiger partial charge in [-0.05, 0) is 36.5 Å². The molecule has 1 aliphatic rings. The Morgan fingerprint density at radius 3 is 2.59 bits per heavy atom. The lowest BCUT2D eigenvalue weighted by Gasteiger charge is -2.25. The summed E-state index contributed by atoms with van der Waals surface area (Å²) in [6.45, 7) is 3.20. The number of benzene rings is 2. The molecule has 1 fully saturated rings. The fraction of sp³-hybridized carbons (Fsp3) is 0.435. The van der Waals surface area contributed by atoms with Crippen LogP contribution in [-0.4, -0.2) is 17.8 Å². The quantitative estimate of drug-likeness (QED) is 0.512. The minimum atomic E-state index is -0.482. The normalized spacial score (nSPS) is 14.9. The van der Waals surface area contributed by atoms with Crippen LogP contribution >= 0.6 is 0 Å². The zero-order valence-corrected chi connectivity index (χ0v) is 16.2. The molecule has 0 radical (unpaired) electrons. The largest absolute Gasteiger partial charge is 0.488 e. The van der Waals surface area contributed by atoms with Gasteiger partial charge >= 0.3 is 0 Å². The van der Waals surface area contributed by atoms with Crippen LogP contribution in [0, 0.1) is 12.8 Å². The summed E-state index contributed by atoms with van der Waals surface area (Å²) in [5.41, 5.74) is 2.97. The van der Waals surface area contributed by atoms with Crippen LogP contribution in [0.2, 0.25) is 0 Å². The van der Waals surface area contributed by atoms with Gasteiger partial charge in [0.2, 0.25) is 0 Å². The Kier molecular flexibility index (Phi) is 6.86. The average Bonchev–Trinajstić information content (AvgIpc) is 3.03. The number of hydrogen-bond acceptors (Lipinski definition) is 3. The van der Waals surface area contributed by atoms with E-state index >= 15 is 0 Å². The van der Waals surface area contributed by atoms with E-state index in [0.29, 0.717) is 23.6 Å². The summed E-state index contributed by atoms with van der Waals surface area (Å²) in [4.78, 5) is 4.18. The molecule has 0 saturated heterocycles. The van der Waals surface area contributed by atoms with Gasteiger partial charge in [-0.15, -0.1) is 0 Å². The first-order chi connectivity index (χ1) is 13.2. The van der Waals surface area contributed by atoms with Crippen LogP contribution in [0.5, 0.6) is 5.75 Å². The van der Waals surface area contributed by atoms with E-state index in [1.807, 2.05) is 13.0 Å². The number of rotatable bonds is 6. The summed E-state index contributed by atoms with van der Waals surface area (Å²) in [5, 5.41) is 0. The summed E-state index contributed by atoms with van der Waals surface area (Å²) in [7, 11) is 0. The molecule has 3 nitrogen and oxygen atoms in total. The molecule has 1 heterocycles. The van der Waals surface area contributed by atoms with Gasteiger partial charge in [0.05, 0.1) is 0 Å². The summed E-state index contributed by atoms with van der Waals surface area (Å²) < 4.78 is 23.3. The topological polar surface area (TPSA) is 35.3 Å². The number of halogens is 1. The minimum absolute atomic E-state index is 0.388. The van der Waals surface area contributed by atoms with Crippen LogP contribution in [0.4, 0.5) is 4.39 Å². The summed E-state index contributed by atoms with van der Waals surface area (Å²) in [5.74, 6) is 2.23. The van der Waals surface area contributed by atoms with Crippen molar-refractivity contribution in [2.24, 2.45) is 5.92 Å². The molecular weight excluding hydrogens is 341 g/mol. The molecule has 1 saturated carbocycles. The second-order valence-electron chi connectivity index (χ2n) is 7.15. The predicted octanol–water partition coefficient (Wildman–Crippen LogP) is 6.29. The number of ether oxygens (including phenoxy) is 1. The molecule has 4 rings (SSSR count). The smallest absolute Gasteiger partial charge is 0.192 e. The monoisotopic (exact) mass is 369 g/mol. The molecule has 1 unspecified atom stereocenters. The van der Waals surface area contributed by atoms with Crippen molar-refractivity contribution in [3.05, 3.63) is 60.0 Å². The maximum atomic E-state index is 12.5. The van der Waals surface area contributed by atoms with Crippen LogP contribution in [0.3, 0.4) is 0 Å². The maximum absolute atomic E-state index is 12.5. The van der Waals surface area contributed by atoms with E-state index in [2.05, 4.69) is 35.3 Å². The molecule has 0 aliphatic heterocycles. The SMILES string of the molecule is CCC(CF)Oc1ccc2nc(C)oc2c1.c1ccc(CC2CCC2)cc1. The van der Waals surface area contributed by atoms with E-state index in [-0.39, 0.29) is 6.10 Å². The van der Waals surface area contributed by atoms with Gasteiger partial charge in [0.15, 0.2) is 11.5 Å². The third kappa shape index (κ3) is 5.56. The fourth-order valence-electron chi connectivity index (χ4n) is 3.15. The number of fused-ring (bicyclic) bond motifs is 1. The number of alkyl halides is 1. The number of oxazole rings is 1. The van der Waals surface area contributed by atoms with Crippen LogP contribution in [0.1, 0.15) is 44.1 Å². The van der Waals surface area contributed by atoms with Crippen molar-refractivity contribution in [3.8, 4) is 5.75 Å². The first kappa shape index (κ1) is 19.4. The van der Waals surface area contributed by atoms with Crippen molar-refractivity contribution in [1.29, 1.82) is 0 Å². The van der Waals surface area contributed by atoms with Gasteiger partial charge in [-0.3, -0.25) is 0 Å². The van der Waals surface area contributed by atoms with E-state index in [9.17, 15) is 4.39 Å². The number of hydrogen-bond donors (Lipinski definition) is 0. The molecule has 1 atom stereocenters. The number of nitrogens with zero attached hydrogens (tertiary/aromatic N) is 1. The highest BCUT2D eigenvalue weighted by molar-refractivity contribution is 5.74. The molecule has 4 heteroatoms. The summed E-state index contributed by atoms with van der Waals surface area (Å²) in [6.07, 6.45) is 5.92. The molecule has 144 valence electrons. The Morgan fingerprint density at radius 1 is 1.19 bits per heavy atom. The summed E-state index contributed by atoms with van der Waals surface area (Å²) in [6, 6.07) is 16.2. The second kappa shape index (κ2) is 9.54. The van der Waals surface area contributed by atoms with Crippen molar-refractivity contribution < 1.29 is 13.5 Å². The first-order valence-corrected chi connectivity index (χ1v) is 9.81. The van der Waals surface area contributed by atoms with Crippen molar-refractivity contribution in [2.75, 3.05) is 6.67 Å². The fourth-order valence-corrected chi connectivity index (χ4v) is 3.15. The van der Waals surface area contributed by atoms with Gasteiger partial charge in [0.25, 0.3) is 0 Å². The standard InChI is InChI=1S/C12H14FNO2.C11H14/c1-3-9(7-13)16-10-4-5-11-12(6-10)15-8(2)14-11;1-2-5-10(6-3-1)9-11-7-4-8-11/h4-6,9H,3,7H2,1-2H3;1-3,5-6,11H,4,7-9H2. The third-order valence-corrected chi connectivity index (χ3v) is 4.99. The lowest BCUT2D eigenvalue weighted by molar-refractivity contribution is 0.160. The molecular formula is C23H28FNO2. The summed E-state index contributed by atoms with van der Waals surface area (Å²) >= 11 is 0. The van der Waals surface area contributed by atoms with Crippen LogP contribution in [-0.2, 0) is 6.42 Å². The molecule has 1 aliphatic carbocycles. The molecule has 0 spiro atoms. The number of aromatic nitrogens is 1. The highest BCUT2D eigenvalue weighted by Crippen LogP contribution is 2.29. The van der Waals surface area contributed by atoms with Crippen LogP contribution < -0.4 is 4.74 Å². The Hall–Kier alpha value is -2.36. The minimum Gasteiger partial charge on any atom is -0.488 e. The lowest BCUT2D eigenvalue weighted by Crippen LogP contribution is -2.17. The van der Waals surface area contributed by atoms with Crippen molar-refractivity contribution >= 4 is 11.1 Å². The van der Waals surface area contributed by atoms with Gasteiger partial charge in [0.1, 0.15) is 24.0 Å². The second-order valence-corrected chi connectivity index (χ2v) is 7.15. The van der Waals surface area contributed by atoms with Crippen LogP contribution in [0.25, 0.3) is 11.1 Å². The van der Waals surface area contributed by atoms with Gasteiger partial charge in [0, 0.05) is 13.0 Å². The van der Waals surface area contributed by atoms with E-state index in [1.165, 1.54) is 31.2 Å². The molecule has 2 aromatic carbocycles. The van der Waals surface area contributed by atoms with Crippen LogP contribution in [0.15, 0.2) is 52.9 Å². The van der Waals surface area contributed by atoms with Crippen molar-refractivity contribution in [2.45, 2.75) is 52.1 Å². The Balaban J connectivity index is 0.000000166.